The number of thiazole rings is 1. The topological polar surface area (TPSA) is 12.9 Å². The van der Waals surface area contributed by atoms with Crippen LogP contribution in [0.2, 0.25) is 0 Å². The second kappa shape index (κ2) is 6.17. The molecule has 1 nitrogen and oxygen atoms in total. The first-order valence-electron chi connectivity index (χ1n) is 5.97. The number of benzene rings is 1. The van der Waals surface area contributed by atoms with Gasteiger partial charge in [-0.3, -0.25) is 0 Å². The average Bonchev–Trinajstić information content (AvgIpc) is 2.85. The fourth-order valence-corrected chi connectivity index (χ4v) is 2.63. The molecule has 0 aliphatic carbocycles. The van der Waals surface area contributed by atoms with Gasteiger partial charge in [-0.25, -0.2) is 4.98 Å². The second-order valence-corrected chi connectivity index (χ2v) is 5.63. The van der Waals surface area contributed by atoms with Crippen LogP contribution in [0.1, 0.15) is 41.6 Å². The summed E-state index contributed by atoms with van der Waals surface area (Å²) in [5.41, 5.74) is 3.46. The highest BCUT2D eigenvalue weighted by atomic mass is 35.5. The van der Waals surface area contributed by atoms with Crippen LogP contribution in [0.15, 0.2) is 29.6 Å². The normalized spacial score (nSPS) is 11.6. The Bertz CT molecular complexity index is 543. The summed E-state index contributed by atoms with van der Waals surface area (Å²) in [6.45, 7) is 4.32. The van der Waals surface area contributed by atoms with Crippen LogP contribution in [0, 0.1) is 0 Å². The Balaban J connectivity index is 2.13. The van der Waals surface area contributed by atoms with Crippen LogP contribution in [-0.4, -0.2) is 4.98 Å². The second-order valence-electron chi connectivity index (χ2n) is 4.48. The maximum atomic E-state index is 5.82. The Morgan fingerprint density at radius 1 is 1.33 bits per heavy atom. The van der Waals surface area contributed by atoms with Gasteiger partial charge in [0, 0.05) is 11.3 Å². The molecule has 0 unspecified atom stereocenters. The molecule has 0 aliphatic heterocycles. The van der Waals surface area contributed by atoms with Crippen molar-refractivity contribution in [3.63, 3.8) is 0 Å². The summed E-state index contributed by atoms with van der Waals surface area (Å²) in [5.74, 6) is 1.04. The third kappa shape index (κ3) is 3.44. The molecule has 0 saturated heterocycles. The number of halogens is 1. The van der Waals surface area contributed by atoms with E-state index in [1.54, 1.807) is 11.3 Å². The molecule has 0 radical (unpaired) electrons. The van der Waals surface area contributed by atoms with Crippen LogP contribution in [0.25, 0.3) is 12.2 Å². The molecule has 94 valence electrons. The third-order valence-corrected chi connectivity index (χ3v) is 3.79. The maximum absolute atomic E-state index is 5.82. The molecule has 0 bridgehead atoms. The van der Waals surface area contributed by atoms with E-state index in [4.69, 9.17) is 11.6 Å². The Labute approximate surface area is 117 Å². The molecule has 0 spiro atoms. The van der Waals surface area contributed by atoms with E-state index in [-0.39, 0.29) is 0 Å². The van der Waals surface area contributed by atoms with Crippen molar-refractivity contribution >= 4 is 35.1 Å². The van der Waals surface area contributed by atoms with Gasteiger partial charge in [0.25, 0.3) is 0 Å². The molecule has 2 rings (SSSR count). The maximum Gasteiger partial charge on any atom is 0.116 e. The highest BCUT2D eigenvalue weighted by Gasteiger charge is 2.02. The number of alkyl halides is 1. The summed E-state index contributed by atoms with van der Waals surface area (Å²) < 4.78 is 0. The minimum absolute atomic E-state index is 0.489. The zero-order valence-corrected chi connectivity index (χ0v) is 12.1. The number of hydrogen-bond donors (Lipinski definition) is 0. The number of nitrogens with zero attached hydrogens (tertiary/aromatic N) is 1. The predicted molar refractivity (Wildman–Crippen MR) is 81.1 cm³/mol. The van der Waals surface area contributed by atoms with Crippen molar-refractivity contribution in [2.24, 2.45) is 0 Å². The molecule has 0 fully saturated rings. The van der Waals surface area contributed by atoms with Gasteiger partial charge in [-0.2, -0.15) is 0 Å². The summed E-state index contributed by atoms with van der Waals surface area (Å²) >= 11 is 7.50. The van der Waals surface area contributed by atoms with Gasteiger partial charge >= 0.3 is 0 Å². The molecule has 1 aromatic carbocycles. The van der Waals surface area contributed by atoms with Gasteiger partial charge in [-0.05, 0) is 23.1 Å². The van der Waals surface area contributed by atoms with Gasteiger partial charge in [-0.1, -0.05) is 44.2 Å². The molecule has 2 aromatic rings. The van der Waals surface area contributed by atoms with Crippen molar-refractivity contribution in [3.05, 3.63) is 51.5 Å². The lowest BCUT2D eigenvalue weighted by Crippen LogP contribution is -1.85. The van der Waals surface area contributed by atoms with Gasteiger partial charge in [-0.15, -0.1) is 22.9 Å². The zero-order valence-electron chi connectivity index (χ0n) is 10.6. The van der Waals surface area contributed by atoms with E-state index >= 15 is 0 Å². The van der Waals surface area contributed by atoms with E-state index in [1.165, 1.54) is 0 Å². The monoisotopic (exact) mass is 277 g/mol. The quantitative estimate of drug-likeness (QED) is 0.702. The van der Waals surface area contributed by atoms with Gasteiger partial charge in [0.15, 0.2) is 0 Å². The molecule has 0 atom stereocenters. The number of hydrogen-bond acceptors (Lipinski definition) is 2. The lowest BCUT2D eigenvalue weighted by molar-refractivity contribution is 0.832. The van der Waals surface area contributed by atoms with Crippen molar-refractivity contribution in [1.29, 1.82) is 0 Å². The summed E-state index contributed by atoms with van der Waals surface area (Å²) in [5, 5.41) is 3.18. The molecule has 0 aliphatic rings. The summed E-state index contributed by atoms with van der Waals surface area (Å²) in [7, 11) is 0. The first-order chi connectivity index (χ1) is 8.69. The van der Waals surface area contributed by atoms with Crippen LogP contribution >= 0.6 is 22.9 Å². The molecular weight excluding hydrogens is 262 g/mol. The molecule has 1 heterocycles. The summed E-state index contributed by atoms with van der Waals surface area (Å²) in [4.78, 5) is 4.57. The zero-order chi connectivity index (χ0) is 13.0. The summed E-state index contributed by atoms with van der Waals surface area (Å²) in [6.07, 6.45) is 4.14. The highest BCUT2D eigenvalue weighted by molar-refractivity contribution is 7.10. The molecule has 0 N–H and O–H groups in total. The molecule has 0 amide bonds. The van der Waals surface area contributed by atoms with Gasteiger partial charge < -0.3 is 0 Å². The Morgan fingerprint density at radius 3 is 2.83 bits per heavy atom. The van der Waals surface area contributed by atoms with E-state index in [2.05, 4.69) is 48.5 Å². The Morgan fingerprint density at radius 2 is 2.17 bits per heavy atom. The number of aromatic nitrogens is 1. The lowest BCUT2D eigenvalue weighted by Gasteiger charge is -1.97. The first kappa shape index (κ1) is 13.3. The van der Waals surface area contributed by atoms with Crippen molar-refractivity contribution < 1.29 is 0 Å². The van der Waals surface area contributed by atoms with Crippen LogP contribution in [0.3, 0.4) is 0 Å². The van der Waals surface area contributed by atoms with E-state index in [0.717, 1.165) is 21.8 Å². The van der Waals surface area contributed by atoms with E-state index in [1.807, 2.05) is 12.1 Å². The van der Waals surface area contributed by atoms with Crippen molar-refractivity contribution in [2.75, 3.05) is 0 Å². The molecule has 18 heavy (non-hydrogen) atoms. The van der Waals surface area contributed by atoms with Gasteiger partial charge in [0.1, 0.15) is 5.01 Å². The van der Waals surface area contributed by atoms with E-state index in [9.17, 15) is 0 Å². The largest absolute Gasteiger partial charge is 0.241 e. The average molecular weight is 278 g/mol. The van der Waals surface area contributed by atoms with Crippen molar-refractivity contribution in [2.45, 2.75) is 25.6 Å². The minimum Gasteiger partial charge on any atom is -0.241 e. The van der Waals surface area contributed by atoms with Gasteiger partial charge in [0.2, 0.25) is 0 Å². The Kier molecular flexibility index (Phi) is 4.56. The predicted octanol–water partition coefficient (Wildman–Crippen LogP) is 5.18. The minimum atomic E-state index is 0.489. The molecule has 0 saturated carbocycles. The van der Waals surface area contributed by atoms with Crippen LogP contribution < -0.4 is 0 Å². The first-order valence-corrected chi connectivity index (χ1v) is 7.39. The lowest BCUT2D eigenvalue weighted by atomic mass is 10.1. The number of rotatable bonds is 4. The van der Waals surface area contributed by atoms with Crippen molar-refractivity contribution in [1.82, 2.24) is 4.98 Å². The Hall–Kier alpha value is -1.12. The standard InChI is InChI=1S/C15H16ClNS/c1-11(2)14-10-18-15(17-14)7-6-12-4-3-5-13(8-12)9-16/h3-8,10-11H,9H2,1-2H3/b7-6+. The smallest absolute Gasteiger partial charge is 0.116 e. The van der Waals surface area contributed by atoms with Crippen LogP contribution in [0.4, 0.5) is 0 Å². The SMILES string of the molecule is CC(C)c1csc(/C=C/c2cccc(CCl)c2)n1. The van der Waals surface area contributed by atoms with Crippen molar-refractivity contribution in [3.8, 4) is 0 Å². The summed E-state index contributed by atoms with van der Waals surface area (Å²) in [6, 6.07) is 8.23. The van der Waals surface area contributed by atoms with Crippen LogP contribution in [0.5, 0.6) is 0 Å². The van der Waals surface area contributed by atoms with Crippen LogP contribution in [-0.2, 0) is 5.88 Å². The van der Waals surface area contributed by atoms with E-state index < -0.39 is 0 Å². The molecular formula is C15H16ClNS. The fraction of sp³-hybridized carbons (Fsp3) is 0.267. The third-order valence-electron chi connectivity index (χ3n) is 2.65. The van der Waals surface area contributed by atoms with E-state index in [0.29, 0.717) is 11.8 Å². The molecule has 1 aromatic heterocycles. The highest BCUT2D eigenvalue weighted by Crippen LogP contribution is 2.19. The van der Waals surface area contributed by atoms with Gasteiger partial charge in [0.05, 0.1) is 5.69 Å². The molecule has 3 heteroatoms. The fourth-order valence-electron chi connectivity index (χ4n) is 1.59.